The maximum absolute atomic E-state index is 13.5. The Hall–Kier alpha value is -2.86. The topological polar surface area (TPSA) is 79.5 Å². The number of amides is 2. The Kier molecular flexibility index (Phi) is 5.52. The standard InChI is InChI=1S/C25H31N3O3/c1-14(2)10-18-13-21(23(29)26-17-6-8-19(31-5)9-7-17)25(28-18)20-12-15(3)11-16(4)22(20)27-24(25)30/h6-9,11-12,14,18,21,28H,10,13H2,1-5H3,(H,26,29)(H,27,30)/t18-,21-,25+/m0/s1. The summed E-state index contributed by atoms with van der Waals surface area (Å²) < 4.78 is 5.20. The molecule has 2 aliphatic rings. The number of nitrogens with one attached hydrogen (secondary N) is 3. The second-order valence-electron chi connectivity index (χ2n) is 9.24. The molecule has 0 unspecified atom stereocenters. The number of hydrogen-bond acceptors (Lipinski definition) is 4. The Morgan fingerprint density at radius 3 is 2.58 bits per heavy atom. The van der Waals surface area contributed by atoms with E-state index in [1.165, 1.54) is 0 Å². The summed E-state index contributed by atoms with van der Waals surface area (Å²) in [6.07, 6.45) is 1.52. The second-order valence-corrected chi connectivity index (χ2v) is 9.24. The van der Waals surface area contributed by atoms with Gasteiger partial charge >= 0.3 is 0 Å². The van der Waals surface area contributed by atoms with E-state index in [0.717, 1.165) is 34.5 Å². The van der Waals surface area contributed by atoms with Crippen molar-refractivity contribution in [1.29, 1.82) is 0 Å². The van der Waals surface area contributed by atoms with E-state index >= 15 is 0 Å². The molecule has 2 heterocycles. The molecule has 1 saturated heterocycles. The molecule has 3 atom stereocenters. The first-order chi connectivity index (χ1) is 14.7. The molecule has 6 nitrogen and oxygen atoms in total. The van der Waals surface area contributed by atoms with Crippen LogP contribution in [0, 0.1) is 25.7 Å². The number of hydrogen-bond donors (Lipinski definition) is 3. The lowest BCUT2D eigenvalue weighted by molar-refractivity contribution is -0.130. The molecule has 4 rings (SSSR count). The van der Waals surface area contributed by atoms with Gasteiger partial charge in [-0.25, -0.2) is 0 Å². The van der Waals surface area contributed by atoms with E-state index < -0.39 is 11.5 Å². The van der Waals surface area contributed by atoms with Crippen LogP contribution in [0.15, 0.2) is 36.4 Å². The van der Waals surface area contributed by atoms with Gasteiger partial charge in [0.25, 0.3) is 0 Å². The van der Waals surface area contributed by atoms with Crippen molar-refractivity contribution < 1.29 is 14.3 Å². The van der Waals surface area contributed by atoms with Gasteiger partial charge in [0, 0.05) is 23.0 Å². The van der Waals surface area contributed by atoms with Gasteiger partial charge in [0.15, 0.2) is 0 Å². The third-order valence-corrected chi connectivity index (χ3v) is 6.41. The van der Waals surface area contributed by atoms with Crippen LogP contribution >= 0.6 is 0 Å². The monoisotopic (exact) mass is 421 g/mol. The minimum Gasteiger partial charge on any atom is -0.497 e. The predicted molar refractivity (Wildman–Crippen MR) is 122 cm³/mol. The Morgan fingerprint density at radius 1 is 1.23 bits per heavy atom. The Labute approximate surface area is 183 Å². The van der Waals surface area contributed by atoms with E-state index in [2.05, 4.69) is 35.9 Å². The number of aryl methyl sites for hydroxylation is 2. The molecule has 2 aromatic rings. The molecule has 31 heavy (non-hydrogen) atoms. The fraction of sp³-hybridized carbons (Fsp3) is 0.440. The van der Waals surface area contributed by atoms with E-state index in [1.807, 2.05) is 44.2 Å². The third-order valence-electron chi connectivity index (χ3n) is 6.41. The summed E-state index contributed by atoms with van der Waals surface area (Å²) in [6, 6.07) is 11.4. The summed E-state index contributed by atoms with van der Waals surface area (Å²) in [5, 5.41) is 9.69. The summed E-state index contributed by atoms with van der Waals surface area (Å²) in [5.74, 6) is 0.384. The van der Waals surface area contributed by atoms with Gasteiger partial charge < -0.3 is 15.4 Å². The zero-order valence-electron chi connectivity index (χ0n) is 18.8. The highest BCUT2D eigenvalue weighted by atomic mass is 16.5. The van der Waals surface area contributed by atoms with Crippen LogP contribution in [0.1, 0.15) is 43.4 Å². The lowest BCUT2D eigenvalue weighted by Crippen LogP contribution is -2.52. The van der Waals surface area contributed by atoms with Gasteiger partial charge in [0.2, 0.25) is 11.8 Å². The average molecular weight is 422 g/mol. The third kappa shape index (κ3) is 3.69. The highest BCUT2D eigenvalue weighted by molar-refractivity contribution is 6.11. The highest BCUT2D eigenvalue weighted by Gasteiger charge is 2.60. The molecule has 2 amide bonds. The van der Waals surface area contributed by atoms with E-state index in [9.17, 15) is 9.59 Å². The fourth-order valence-electron chi connectivity index (χ4n) is 5.14. The summed E-state index contributed by atoms with van der Waals surface area (Å²) in [4.78, 5) is 27.0. The SMILES string of the molecule is COc1ccc(NC(=O)[C@@H]2C[C@H](CC(C)C)N[C@@]23C(=O)Nc2c(C)cc(C)cc23)cc1. The molecular weight excluding hydrogens is 390 g/mol. The van der Waals surface area contributed by atoms with Crippen molar-refractivity contribution in [2.75, 3.05) is 17.7 Å². The van der Waals surface area contributed by atoms with Gasteiger partial charge in [0.05, 0.1) is 13.0 Å². The van der Waals surface area contributed by atoms with Crippen molar-refractivity contribution in [1.82, 2.24) is 5.32 Å². The Morgan fingerprint density at radius 2 is 1.94 bits per heavy atom. The summed E-state index contributed by atoms with van der Waals surface area (Å²) in [7, 11) is 1.61. The molecule has 2 aliphatic heterocycles. The van der Waals surface area contributed by atoms with Crippen LogP contribution in [0.2, 0.25) is 0 Å². The van der Waals surface area contributed by atoms with Crippen molar-refractivity contribution in [3.63, 3.8) is 0 Å². The number of fused-ring (bicyclic) bond motifs is 2. The minimum absolute atomic E-state index is 0.0872. The zero-order chi connectivity index (χ0) is 22.3. The molecule has 1 spiro atoms. The maximum atomic E-state index is 13.5. The molecule has 0 saturated carbocycles. The van der Waals surface area contributed by atoms with Crippen LogP contribution < -0.4 is 20.7 Å². The molecule has 3 N–H and O–H groups in total. The fourth-order valence-corrected chi connectivity index (χ4v) is 5.14. The van der Waals surface area contributed by atoms with Gasteiger partial charge in [0.1, 0.15) is 11.3 Å². The number of ether oxygens (including phenoxy) is 1. The number of anilines is 2. The zero-order valence-corrected chi connectivity index (χ0v) is 18.8. The molecule has 6 heteroatoms. The van der Waals surface area contributed by atoms with Gasteiger partial charge in [-0.05, 0) is 62.4 Å². The summed E-state index contributed by atoms with van der Waals surface area (Å²) in [5.41, 5.74) is 3.44. The molecule has 2 aromatic carbocycles. The van der Waals surface area contributed by atoms with Crippen LogP contribution in [0.4, 0.5) is 11.4 Å². The molecular formula is C25H31N3O3. The van der Waals surface area contributed by atoms with Crippen molar-refractivity contribution >= 4 is 23.2 Å². The van der Waals surface area contributed by atoms with E-state index in [0.29, 0.717) is 18.0 Å². The lowest BCUT2D eigenvalue weighted by atomic mass is 9.78. The van der Waals surface area contributed by atoms with Gasteiger partial charge in [-0.2, -0.15) is 0 Å². The van der Waals surface area contributed by atoms with E-state index in [4.69, 9.17) is 4.74 Å². The lowest BCUT2D eigenvalue weighted by Gasteiger charge is -2.29. The molecule has 1 fully saturated rings. The minimum atomic E-state index is -1.05. The first-order valence-corrected chi connectivity index (χ1v) is 10.9. The molecule has 0 bridgehead atoms. The number of benzene rings is 2. The van der Waals surface area contributed by atoms with E-state index in [-0.39, 0.29) is 17.9 Å². The smallest absolute Gasteiger partial charge is 0.250 e. The van der Waals surface area contributed by atoms with Gasteiger partial charge in [-0.1, -0.05) is 31.5 Å². The number of carbonyl (C=O) groups is 2. The van der Waals surface area contributed by atoms with Crippen LogP contribution in [-0.4, -0.2) is 25.0 Å². The summed E-state index contributed by atoms with van der Waals surface area (Å²) in [6.45, 7) is 8.35. The summed E-state index contributed by atoms with van der Waals surface area (Å²) >= 11 is 0. The largest absolute Gasteiger partial charge is 0.497 e. The predicted octanol–water partition coefficient (Wildman–Crippen LogP) is 4.12. The van der Waals surface area contributed by atoms with Crippen LogP contribution in [0.5, 0.6) is 5.75 Å². The molecule has 0 aliphatic carbocycles. The van der Waals surface area contributed by atoms with Crippen molar-refractivity contribution in [2.24, 2.45) is 11.8 Å². The van der Waals surface area contributed by atoms with Gasteiger partial charge in [-0.15, -0.1) is 0 Å². The van der Waals surface area contributed by atoms with Crippen LogP contribution in [-0.2, 0) is 15.1 Å². The quantitative estimate of drug-likeness (QED) is 0.678. The normalized spacial score (nSPS) is 24.4. The van der Waals surface area contributed by atoms with Crippen molar-refractivity contribution in [2.45, 2.75) is 52.1 Å². The Bertz CT molecular complexity index is 1020. The van der Waals surface area contributed by atoms with Crippen molar-refractivity contribution in [3.8, 4) is 5.75 Å². The molecule has 0 aromatic heterocycles. The number of methoxy groups -OCH3 is 1. The van der Waals surface area contributed by atoms with Crippen molar-refractivity contribution in [3.05, 3.63) is 53.1 Å². The molecule has 164 valence electrons. The first-order valence-electron chi connectivity index (χ1n) is 10.9. The first kappa shape index (κ1) is 21.4. The number of carbonyl (C=O) groups excluding carboxylic acids is 2. The highest BCUT2D eigenvalue weighted by Crippen LogP contribution is 2.49. The number of rotatable bonds is 5. The van der Waals surface area contributed by atoms with Crippen LogP contribution in [0.3, 0.4) is 0 Å². The average Bonchev–Trinajstić information content (AvgIpc) is 3.22. The maximum Gasteiger partial charge on any atom is 0.250 e. The Balaban J connectivity index is 1.72. The second kappa shape index (κ2) is 8.00. The van der Waals surface area contributed by atoms with Crippen LogP contribution in [0.25, 0.3) is 0 Å². The molecule has 0 radical (unpaired) electrons. The van der Waals surface area contributed by atoms with Gasteiger partial charge in [-0.3, -0.25) is 14.9 Å². The van der Waals surface area contributed by atoms with E-state index in [1.54, 1.807) is 7.11 Å².